The van der Waals surface area contributed by atoms with Gasteiger partial charge >= 0.3 is 0 Å². The Morgan fingerprint density at radius 1 is 1.14 bits per heavy atom. The lowest BCUT2D eigenvalue weighted by atomic mass is 9.96. The monoisotopic (exact) mass is 308 g/mol. The van der Waals surface area contributed by atoms with Crippen molar-refractivity contribution < 1.29 is 9.59 Å². The first-order chi connectivity index (χ1) is 10.3. The summed E-state index contributed by atoms with van der Waals surface area (Å²) in [6, 6.07) is 2.11. The summed E-state index contributed by atoms with van der Waals surface area (Å²) in [7, 11) is 0. The van der Waals surface area contributed by atoms with Gasteiger partial charge in [0.2, 0.25) is 5.91 Å². The third kappa shape index (κ3) is 5.87. The standard InChI is InChI=1S/C16H24N2O2S/c19-15(18-14-6-4-2-1-3-5-7-14)8-10-17-16(20)13-9-11-21-12-13/h9,11-12,14H,1-8,10H2,(H,17,20)(H,18,19). The summed E-state index contributed by atoms with van der Waals surface area (Å²) in [4.78, 5) is 23.6. The van der Waals surface area contributed by atoms with Crippen molar-refractivity contribution in [3.8, 4) is 0 Å². The molecule has 1 saturated carbocycles. The van der Waals surface area contributed by atoms with E-state index in [9.17, 15) is 9.59 Å². The van der Waals surface area contributed by atoms with E-state index in [0.29, 0.717) is 24.6 Å². The first-order valence-corrected chi connectivity index (χ1v) is 8.80. The van der Waals surface area contributed by atoms with Gasteiger partial charge in [0.05, 0.1) is 0 Å². The van der Waals surface area contributed by atoms with Crippen molar-refractivity contribution in [3.63, 3.8) is 0 Å². The average molecular weight is 308 g/mol. The van der Waals surface area contributed by atoms with E-state index < -0.39 is 0 Å². The number of nitrogens with one attached hydrogen (secondary N) is 2. The highest BCUT2D eigenvalue weighted by Gasteiger charge is 2.14. The minimum Gasteiger partial charge on any atom is -0.353 e. The summed E-state index contributed by atoms with van der Waals surface area (Å²) in [6.45, 7) is 0.396. The van der Waals surface area contributed by atoms with E-state index in [2.05, 4.69) is 10.6 Å². The quantitative estimate of drug-likeness (QED) is 0.878. The molecule has 0 saturated heterocycles. The van der Waals surface area contributed by atoms with Gasteiger partial charge in [0.25, 0.3) is 5.91 Å². The molecular formula is C16H24N2O2S. The molecule has 1 aliphatic rings. The second kappa shape index (κ2) is 8.82. The van der Waals surface area contributed by atoms with Gasteiger partial charge in [0.15, 0.2) is 0 Å². The largest absolute Gasteiger partial charge is 0.353 e. The molecule has 2 N–H and O–H groups in total. The topological polar surface area (TPSA) is 58.2 Å². The molecule has 0 atom stereocenters. The smallest absolute Gasteiger partial charge is 0.252 e. The van der Waals surface area contributed by atoms with Gasteiger partial charge in [-0.05, 0) is 24.3 Å². The van der Waals surface area contributed by atoms with Crippen molar-refractivity contribution in [2.24, 2.45) is 0 Å². The molecule has 116 valence electrons. The van der Waals surface area contributed by atoms with Gasteiger partial charge in [-0.1, -0.05) is 32.1 Å². The highest BCUT2D eigenvalue weighted by Crippen LogP contribution is 2.17. The Kier molecular flexibility index (Phi) is 6.73. The summed E-state index contributed by atoms with van der Waals surface area (Å²) in [5, 5.41) is 9.57. The third-order valence-electron chi connectivity index (χ3n) is 3.89. The zero-order valence-electron chi connectivity index (χ0n) is 12.4. The van der Waals surface area contributed by atoms with Crippen LogP contribution in [0.4, 0.5) is 0 Å². The fraction of sp³-hybridized carbons (Fsp3) is 0.625. The number of hydrogen-bond donors (Lipinski definition) is 2. The van der Waals surface area contributed by atoms with Crippen LogP contribution in [0.25, 0.3) is 0 Å². The molecule has 0 radical (unpaired) electrons. The van der Waals surface area contributed by atoms with Crippen LogP contribution in [0.3, 0.4) is 0 Å². The van der Waals surface area contributed by atoms with Gasteiger partial charge in [0.1, 0.15) is 0 Å². The minimum absolute atomic E-state index is 0.0474. The molecular weight excluding hydrogens is 284 g/mol. The van der Waals surface area contributed by atoms with Gasteiger partial charge in [-0.2, -0.15) is 11.3 Å². The fourth-order valence-electron chi connectivity index (χ4n) is 2.69. The van der Waals surface area contributed by atoms with Crippen LogP contribution < -0.4 is 10.6 Å². The van der Waals surface area contributed by atoms with Crippen molar-refractivity contribution in [2.75, 3.05) is 6.54 Å². The highest BCUT2D eigenvalue weighted by atomic mass is 32.1. The van der Waals surface area contributed by atoms with Gasteiger partial charge in [-0.25, -0.2) is 0 Å². The van der Waals surface area contributed by atoms with Crippen LogP contribution in [0.5, 0.6) is 0 Å². The van der Waals surface area contributed by atoms with E-state index in [0.717, 1.165) is 12.8 Å². The predicted octanol–water partition coefficient (Wildman–Crippen LogP) is 3.10. The Morgan fingerprint density at radius 3 is 2.52 bits per heavy atom. The van der Waals surface area contributed by atoms with Gasteiger partial charge < -0.3 is 10.6 Å². The van der Waals surface area contributed by atoms with E-state index in [1.807, 2.05) is 10.8 Å². The summed E-state index contributed by atoms with van der Waals surface area (Å²) in [5.41, 5.74) is 0.667. The van der Waals surface area contributed by atoms with E-state index in [1.165, 1.54) is 43.4 Å². The van der Waals surface area contributed by atoms with Crippen LogP contribution in [-0.2, 0) is 4.79 Å². The molecule has 2 rings (SSSR count). The average Bonchev–Trinajstić information content (AvgIpc) is 2.95. The highest BCUT2D eigenvalue weighted by molar-refractivity contribution is 7.08. The maximum atomic E-state index is 11.9. The van der Waals surface area contributed by atoms with Gasteiger partial charge in [-0.15, -0.1) is 0 Å². The van der Waals surface area contributed by atoms with Crippen molar-refractivity contribution in [1.29, 1.82) is 0 Å². The number of amides is 2. The number of thiophene rings is 1. The van der Waals surface area contributed by atoms with Crippen LogP contribution in [0.15, 0.2) is 16.8 Å². The molecule has 0 spiro atoms. The first-order valence-electron chi connectivity index (χ1n) is 7.85. The van der Waals surface area contributed by atoms with Crippen molar-refractivity contribution >= 4 is 23.2 Å². The summed E-state index contributed by atoms with van der Waals surface area (Å²) in [5.74, 6) is -0.0544. The predicted molar refractivity (Wildman–Crippen MR) is 85.5 cm³/mol. The van der Waals surface area contributed by atoms with E-state index >= 15 is 0 Å². The lowest BCUT2D eigenvalue weighted by molar-refractivity contribution is -0.121. The minimum atomic E-state index is -0.102. The van der Waals surface area contributed by atoms with Crippen LogP contribution in [0.2, 0.25) is 0 Å². The maximum Gasteiger partial charge on any atom is 0.252 e. The molecule has 0 bridgehead atoms. The Hall–Kier alpha value is -1.36. The molecule has 1 aromatic rings. The Morgan fingerprint density at radius 2 is 1.86 bits per heavy atom. The molecule has 5 heteroatoms. The van der Waals surface area contributed by atoms with Crippen LogP contribution in [0, 0.1) is 0 Å². The number of hydrogen-bond acceptors (Lipinski definition) is 3. The van der Waals surface area contributed by atoms with Crippen molar-refractivity contribution in [2.45, 2.75) is 57.4 Å². The second-order valence-corrected chi connectivity index (χ2v) is 6.41. The first kappa shape index (κ1) is 16.0. The molecule has 0 unspecified atom stereocenters. The Bertz CT molecular complexity index is 437. The van der Waals surface area contributed by atoms with E-state index in [4.69, 9.17) is 0 Å². The lowest BCUT2D eigenvalue weighted by Gasteiger charge is -2.21. The van der Waals surface area contributed by atoms with Crippen LogP contribution in [0.1, 0.15) is 61.7 Å². The third-order valence-corrected chi connectivity index (χ3v) is 4.57. The molecule has 1 fully saturated rings. The molecule has 21 heavy (non-hydrogen) atoms. The fourth-order valence-corrected chi connectivity index (χ4v) is 3.32. The SMILES string of the molecule is O=C(CCNC(=O)c1ccsc1)NC1CCCCCCC1. The van der Waals surface area contributed by atoms with Crippen LogP contribution in [-0.4, -0.2) is 24.4 Å². The molecule has 0 aliphatic heterocycles. The van der Waals surface area contributed by atoms with Crippen LogP contribution >= 0.6 is 11.3 Å². The Labute approximate surface area is 130 Å². The van der Waals surface area contributed by atoms with Crippen molar-refractivity contribution in [1.82, 2.24) is 10.6 Å². The summed E-state index contributed by atoms with van der Waals surface area (Å²) in [6.07, 6.45) is 8.84. The zero-order valence-corrected chi connectivity index (χ0v) is 13.2. The van der Waals surface area contributed by atoms with Crippen molar-refractivity contribution in [3.05, 3.63) is 22.4 Å². The maximum absolute atomic E-state index is 11.9. The number of rotatable bonds is 5. The van der Waals surface area contributed by atoms with E-state index in [1.54, 1.807) is 6.07 Å². The summed E-state index contributed by atoms with van der Waals surface area (Å²) >= 11 is 1.49. The van der Waals surface area contributed by atoms with Gasteiger partial charge in [-0.3, -0.25) is 9.59 Å². The Balaban J connectivity index is 1.63. The lowest BCUT2D eigenvalue weighted by Crippen LogP contribution is -2.37. The molecule has 4 nitrogen and oxygen atoms in total. The molecule has 1 aromatic heterocycles. The number of carbonyl (C=O) groups is 2. The normalized spacial score (nSPS) is 16.8. The zero-order chi connectivity index (χ0) is 14.9. The molecule has 1 heterocycles. The second-order valence-electron chi connectivity index (χ2n) is 5.63. The molecule has 0 aromatic carbocycles. The number of carbonyl (C=O) groups excluding carboxylic acids is 2. The van der Waals surface area contributed by atoms with Gasteiger partial charge in [0, 0.05) is 30.0 Å². The van der Waals surface area contributed by atoms with E-state index in [-0.39, 0.29) is 11.8 Å². The summed E-state index contributed by atoms with van der Waals surface area (Å²) < 4.78 is 0. The molecule has 1 aliphatic carbocycles. The molecule has 2 amide bonds.